The zero-order chi connectivity index (χ0) is 15.0. The van der Waals surface area contributed by atoms with Crippen LogP contribution in [0, 0.1) is 5.92 Å². The average Bonchev–Trinajstić information content (AvgIpc) is 2.39. The molecule has 3 nitrogen and oxygen atoms in total. The normalized spacial score (nSPS) is 22.4. The first-order valence-electron chi connectivity index (χ1n) is 8.29. The van der Waals surface area contributed by atoms with E-state index in [1.165, 1.54) is 12.8 Å². The van der Waals surface area contributed by atoms with Crippen molar-refractivity contribution in [3.8, 4) is 0 Å². The monoisotopic (exact) mass is 283 g/mol. The summed E-state index contributed by atoms with van der Waals surface area (Å²) in [5.74, 6) is 0.586. The Balaban J connectivity index is 2.43. The van der Waals surface area contributed by atoms with Crippen LogP contribution in [0.15, 0.2) is 12.2 Å². The van der Waals surface area contributed by atoms with Crippen LogP contribution in [0.25, 0.3) is 0 Å². The molecule has 2 N–H and O–H groups in total. The predicted molar refractivity (Wildman–Crippen MR) is 84.4 cm³/mol. The van der Waals surface area contributed by atoms with Gasteiger partial charge in [0.15, 0.2) is 0 Å². The highest BCUT2D eigenvalue weighted by Crippen LogP contribution is 2.35. The molecule has 1 rings (SSSR count). The largest absolute Gasteiger partial charge is 0.356 e. The lowest BCUT2D eigenvalue weighted by Crippen LogP contribution is -2.47. The van der Waals surface area contributed by atoms with E-state index in [9.17, 15) is 5.11 Å². The van der Waals surface area contributed by atoms with E-state index in [0.29, 0.717) is 5.92 Å². The van der Waals surface area contributed by atoms with Crippen LogP contribution in [-0.4, -0.2) is 23.2 Å². The molecule has 0 aromatic heterocycles. The highest BCUT2D eigenvalue weighted by atomic mass is 16.6. The summed E-state index contributed by atoms with van der Waals surface area (Å²) in [4.78, 5) is 0. The highest BCUT2D eigenvalue weighted by Gasteiger charge is 2.35. The molecule has 0 aliphatic heterocycles. The maximum atomic E-state index is 10.1. The number of aliphatic hydroxyl groups is 1. The van der Waals surface area contributed by atoms with Gasteiger partial charge in [0.25, 0.3) is 0 Å². The Hall–Kier alpha value is -0.380. The maximum absolute atomic E-state index is 10.1. The van der Waals surface area contributed by atoms with Crippen LogP contribution in [0.3, 0.4) is 0 Å². The lowest BCUT2D eigenvalue weighted by molar-refractivity contribution is -0.220. The number of aliphatic hydroxyl groups excluding tert-OH is 1. The van der Waals surface area contributed by atoms with Gasteiger partial charge in [-0.25, -0.2) is 0 Å². The summed E-state index contributed by atoms with van der Waals surface area (Å²) in [5, 5.41) is 13.3. The molecule has 3 atom stereocenters. The molecule has 1 aliphatic rings. The van der Waals surface area contributed by atoms with E-state index < -0.39 is 6.41 Å². The fraction of sp³-hybridized carbons (Fsp3) is 0.882. The molecule has 20 heavy (non-hydrogen) atoms. The van der Waals surface area contributed by atoms with Gasteiger partial charge in [0.1, 0.15) is 0 Å². The minimum absolute atomic E-state index is 0.123. The highest BCUT2D eigenvalue weighted by molar-refractivity contribution is 4.95. The second kappa shape index (κ2) is 8.81. The third-order valence-corrected chi connectivity index (χ3v) is 4.35. The van der Waals surface area contributed by atoms with Crippen molar-refractivity contribution in [2.24, 2.45) is 5.92 Å². The van der Waals surface area contributed by atoms with Gasteiger partial charge in [-0.3, -0.25) is 5.32 Å². The minimum Gasteiger partial charge on any atom is -0.356 e. The van der Waals surface area contributed by atoms with Crippen LogP contribution < -0.4 is 5.32 Å². The third kappa shape index (κ3) is 6.38. The Morgan fingerprint density at radius 3 is 2.50 bits per heavy atom. The van der Waals surface area contributed by atoms with E-state index in [1.54, 1.807) is 0 Å². The molecule has 1 saturated carbocycles. The van der Waals surface area contributed by atoms with E-state index in [0.717, 1.165) is 32.1 Å². The van der Waals surface area contributed by atoms with Crippen molar-refractivity contribution in [1.82, 2.24) is 5.32 Å². The van der Waals surface area contributed by atoms with E-state index in [4.69, 9.17) is 4.74 Å². The van der Waals surface area contributed by atoms with E-state index in [-0.39, 0.29) is 11.6 Å². The molecule has 0 amide bonds. The summed E-state index contributed by atoms with van der Waals surface area (Å²) in [5.41, 5.74) is -0.123. The minimum atomic E-state index is -0.858. The quantitative estimate of drug-likeness (QED) is 0.471. The topological polar surface area (TPSA) is 41.5 Å². The SMILES string of the molecule is CCCCC(/C=C\[C@@H](C)CC)NC(O)OC1(C)CCC1. The molecule has 118 valence electrons. The second-order valence-electron chi connectivity index (χ2n) is 6.46. The molecular formula is C17H33NO2. The summed E-state index contributed by atoms with van der Waals surface area (Å²) in [6.07, 6.45) is 11.4. The van der Waals surface area contributed by atoms with Gasteiger partial charge in [-0.2, -0.15) is 0 Å². The molecule has 0 radical (unpaired) electrons. The molecule has 2 unspecified atom stereocenters. The number of allylic oxidation sites excluding steroid dienone is 1. The Bertz CT molecular complexity index is 287. The molecule has 0 heterocycles. The van der Waals surface area contributed by atoms with Crippen molar-refractivity contribution in [2.45, 2.75) is 90.7 Å². The first kappa shape index (κ1) is 17.7. The zero-order valence-corrected chi connectivity index (χ0v) is 13.7. The molecule has 0 aromatic rings. The first-order valence-corrected chi connectivity index (χ1v) is 8.29. The van der Waals surface area contributed by atoms with Crippen molar-refractivity contribution in [1.29, 1.82) is 0 Å². The molecular weight excluding hydrogens is 250 g/mol. The van der Waals surface area contributed by atoms with E-state index in [2.05, 4.69) is 45.2 Å². The lowest BCUT2D eigenvalue weighted by atomic mass is 9.82. The van der Waals surface area contributed by atoms with Crippen LogP contribution in [0.1, 0.15) is 72.6 Å². The number of unbranched alkanes of at least 4 members (excludes halogenated alkanes) is 1. The Morgan fingerprint density at radius 2 is 2.00 bits per heavy atom. The van der Waals surface area contributed by atoms with Crippen molar-refractivity contribution in [3.05, 3.63) is 12.2 Å². The maximum Gasteiger partial charge on any atom is 0.214 e. The smallest absolute Gasteiger partial charge is 0.214 e. The van der Waals surface area contributed by atoms with Crippen LogP contribution in [0.4, 0.5) is 0 Å². The number of hydrogen-bond donors (Lipinski definition) is 2. The molecule has 0 spiro atoms. The summed E-state index contributed by atoms with van der Waals surface area (Å²) in [6, 6.07) is 0.197. The van der Waals surface area contributed by atoms with Gasteiger partial charge in [0, 0.05) is 6.04 Å². The molecule has 1 aliphatic carbocycles. The molecule has 1 fully saturated rings. The fourth-order valence-electron chi connectivity index (χ4n) is 2.40. The Kier molecular flexibility index (Phi) is 7.78. The van der Waals surface area contributed by atoms with Crippen LogP contribution in [0.5, 0.6) is 0 Å². The average molecular weight is 283 g/mol. The summed E-state index contributed by atoms with van der Waals surface area (Å²) in [6.45, 7) is 8.68. The fourth-order valence-corrected chi connectivity index (χ4v) is 2.40. The van der Waals surface area contributed by atoms with Crippen molar-refractivity contribution < 1.29 is 9.84 Å². The van der Waals surface area contributed by atoms with E-state index >= 15 is 0 Å². The number of hydrogen-bond acceptors (Lipinski definition) is 3. The molecule has 0 saturated heterocycles. The summed E-state index contributed by atoms with van der Waals surface area (Å²) < 4.78 is 5.73. The van der Waals surface area contributed by atoms with Gasteiger partial charge in [0.2, 0.25) is 6.41 Å². The van der Waals surface area contributed by atoms with Gasteiger partial charge in [0.05, 0.1) is 5.60 Å². The van der Waals surface area contributed by atoms with Crippen molar-refractivity contribution >= 4 is 0 Å². The summed E-state index contributed by atoms with van der Waals surface area (Å²) in [7, 11) is 0. The Morgan fingerprint density at radius 1 is 1.30 bits per heavy atom. The van der Waals surface area contributed by atoms with Gasteiger partial charge >= 0.3 is 0 Å². The number of nitrogens with one attached hydrogen (secondary N) is 1. The van der Waals surface area contributed by atoms with Gasteiger partial charge in [-0.15, -0.1) is 0 Å². The summed E-state index contributed by atoms with van der Waals surface area (Å²) >= 11 is 0. The van der Waals surface area contributed by atoms with Gasteiger partial charge in [-0.1, -0.05) is 52.2 Å². The number of ether oxygens (including phenoxy) is 1. The van der Waals surface area contributed by atoms with Crippen molar-refractivity contribution in [3.63, 3.8) is 0 Å². The van der Waals surface area contributed by atoms with Crippen LogP contribution in [0.2, 0.25) is 0 Å². The lowest BCUT2D eigenvalue weighted by Gasteiger charge is -2.40. The number of rotatable bonds is 10. The molecule has 0 bridgehead atoms. The second-order valence-corrected chi connectivity index (χ2v) is 6.46. The first-order chi connectivity index (χ1) is 9.49. The molecule has 0 aromatic carbocycles. The zero-order valence-electron chi connectivity index (χ0n) is 13.7. The molecule has 3 heteroatoms. The predicted octanol–water partition coefficient (Wildman–Crippen LogP) is 3.97. The Labute approximate surface area is 124 Å². The van der Waals surface area contributed by atoms with Crippen LogP contribution >= 0.6 is 0 Å². The van der Waals surface area contributed by atoms with Gasteiger partial charge < -0.3 is 9.84 Å². The third-order valence-electron chi connectivity index (χ3n) is 4.35. The van der Waals surface area contributed by atoms with Crippen LogP contribution in [-0.2, 0) is 4.74 Å². The van der Waals surface area contributed by atoms with Gasteiger partial charge in [-0.05, 0) is 38.5 Å². The van der Waals surface area contributed by atoms with Crippen molar-refractivity contribution in [2.75, 3.05) is 0 Å². The standard InChI is InChI=1S/C17H33NO2/c1-5-7-9-15(11-10-14(3)6-2)18-16(19)20-17(4)12-8-13-17/h10-11,14-16,18-19H,5-9,12-13H2,1-4H3/b11-10-/t14-,15?,16?/m0/s1. The van der Waals surface area contributed by atoms with E-state index in [1.807, 2.05) is 0 Å².